The molecular weight excluding hydrogens is 289 g/mol. The van der Waals surface area contributed by atoms with E-state index in [1.165, 1.54) is 0 Å². The topological polar surface area (TPSA) is 37.1 Å². The van der Waals surface area contributed by atoms with Crippen LogP contribution >= 0.6 is 27.5 Å². The van der Waals surface area contributed by atoms with Gasteiger partial charge in [0, 0.05) is 10.4 Å². The second kappa shape index (κ2) is 5.06. The fraction of sp³-hybridized carbons (Fsp3) is 0.364. The number of rotatable bonds is 2. The van der Waals surface area contributed by atoms with Crippen molar-refractivity contribution in [3.63, 3.8) is 0 Å². The molecule has 3 nitrogen and oxygen atoms in total. The maximum Gasteiger partial charge on any atom is 0.0771 e. The van der Waals surface area contributed by atoms with Crippen LogP contribution in [0.2, 0.25) is 5.02 Å². The summed E-state index contributed by atoms with van der Waals surface area (Å²) in [5.41, 5.74) is 2.05. The Hall–Kier alpha value is -0.740. The third kappa shape index (κ3) is 2.33. The van der Waals surface area contributed by atoms with Crippen LogP contribution in [-0.4, -0.2) is 12.3 Å². The van der Waals surface area contributed by atoms with Crippen molar-refractivity contribution in [2.24, 2.45) is 21.4 Å². The largest absolute Gasteiger partial charge is 0.168 e. The summed E-state index contributed by atoms with van der Waals surface area (Å²) in [5.74, 6) is 0.352. The van der Waals surface area contributed by atoms with Crippen molar-refractivity contribution in [1.29, 1.82) is 0 Å². The van der Waals surface area contributed by atoms with Crippen LogP contribution in [-0.2, 0) is 0 Å². The van der Waals surface area contributed by atoms with Gasteiger partial charge in [0.05, 0.1) is 17.3 Å². The minimum Gasteiger partial charge on any atom is -0.168 e. The highest BCUT2D eigenvalue weighted by Gasteiger charge is 2.19. The molecule has 2 rings (SSSR count). The van der Waals surface area contributed by atoms with Gasteiger partial charge < -0.3 is 0 Å². The van der Waals surface area contributed by atoms with E-state index >= 15 is 0 Å². The predicted octanol–water partition coefficient (Wildman–Crippen LogP) is 4.30. The second-order valence-corrected chi connectivity index (χ2v) is 4.89. The Morgan fingerprint density at radius 3 is 3.00 bits per heavy atom. The van der Waals surface area contributed by atoms with Crippen LogP contribution in [0.1, 0.15) is 18.9 Å². The number of benzene rings is 1. The van der Waals surface area contributed by atoms with Crippen molar-refractivity contribution in [2.45, 2.75) is 13.3 Å². The van der Waals surface area contributed by atoms with Gasteiger partial charge in [-0.15, -0.1) is 5.10 Å². The maximum atomic E-state index is 5.96. The van der Waals surface area contributed by atoms with E-state index in [2.05, 4.69) is 38.3 Å². The van der Waals surface area contributed by atoms with Gasteiger partial charge >= 0.3 is 0 Å². The van der Waals surface area contributed by atoms with Crippen molar-refractivity contribution >= 4 is 33.2 Å². The Morgan fingerprint density at radius 1 is 1.50 bits per heavy atom. The average Bonchev–Trinajstić information content (AvgIpc) is 2.32. The van der Waals surface area contributed by atoms with Crippen molar-refractivity contribution in [1.82, 2.24) is 0 Å². The molecule has 0 saturated heterocycles. The van der Waals surface area contributed by atoms with Crippen molar-refractivity contribution in [3.05, 3.63) is 33.3 Å². The van der Waals surface area contributed by atoms with Gasteiger partial charge in [0.1, 0.15) is 0 Å². The van der Waals surface area contributed by atoms with E-state index in [4.69, 9.17) is 11.6 Å². The monoisotopic (exact) mass is 299 g/mol. The van der Waals surface area contributed by atoms with E-state index in [0.717, 1.165) is 28.7 Å². The van der Waals surface area contributed by atoms with E-state index in [-0.39, 0.29) is 0 Å². The van der Waals surface area contributed by atoms with Crippen molar-refractivity contribution in [3.8, 4) is 0 Å². The molecule has 0 aliphatic carbocycles. The standard InChI is InChI=1S/C11H11BrClN3/c1-2-7-6-14-16-15-11(7)8-3-4-10(13)9(12)5-8/h3-5,7H,2,6H2,1H3. The number of hydrogen-bond acceptors (Lipinski definition) is 3. The number of hydrogen-bond donors (Lipinski definition) is 0. The van der Waals surface area contributed by atoms with Crippen LogP contribution in [0.3, 0.4) is 0 Å². The molecule has 1 aliphatic rings. The molecule has 1 aromatic rings. The highest BCUT2D eigenvalue weighted by molar-refractivity contribution is 9.10. The van der Waals surface area contributed by atoms with Crippen LogP contribution in [0.5, 0.6) is 0 Å². The average molecular weight is 301 g/mol. The summed E-state index contributed by atoms with van der Waals surface area (Å²) >= 11 is 9.37. The maximum absolute atomic E-state index is 5.96. The molecule has 16 heavy (non-hydrogen) atoms. The van der Waals surface area contributed by atoms with E-state index in [1.54, 1.807) is 0 Å². The van der Waals surface area contributed by atoms with Crippen LogP contribution in [0, 0.1) is 5.92 Å². The molecule has 1 aliphatic heterocycles. The van der Waals surface area contributed by atoms with E-state index in [9.17, 15) is 0 Å². The zero-order chi connectivity index (χ0) is 11.5. The third-order valence-electron chi connectivity index (χ3n) is 2.61. The quantitative estimate of drug-likeness (QED) is 0.781. The van der Waals surface area contributed by atoms with E-state index < -0.39 is 0 Å². The van der Waals surface area contributed by atoms with Crippen LogP contribution < -0.4 is 0 Å². The van der Waals surface area contributed by atoms with Crippen LogP contribution in [0.25, 0.3) is 0 Å². The molecule has 0 bridgehead atoms. The number of nitrogens with zero attached hydrogens (tertiary/aromatic N) is 3. The van der Waals surface area contributed by atoms with Gasteiger partial charge in [-0.25, -0.2) is 0 Å². The SMILES string of the molecule is CCC1CN=NN=C1c1ccc(Cl)c(Br)c1. The first-order valence-electron chi connectivity index (χ1n) is 5.12. The molecule has 0 spiro atoms. The van der Waals surface area contributed by atoms with Crippen LogP contribution in [0.15, 0.2) is 38.1 Å². The molecule has 1 heterocycles. The summed E-state index contributed by atoms with van der Waals surface area (Å²) in [6, 6.07) is 5.81. The lowest BCUT2D eigenvalue weighted by Crippen LogP contribution is -2.20. The molecule has 0 fully saturated rings. The first-order chi connectivity index (χ1) is 7.72. The van der Waals surface area contributed by atoms with Gasteiger partial charge in [-0.2, -0.15) is 5.11 Å². The van der Waals surface area contributed by atoms with Crippen molar-refractivity contribution in [2.75, 3.05) is 6.54 Å². The molecule has 1 unspecified atom stereocenters. The summed E-state index contributed by atoms with van der Waals surface area (Å²) in [5, 5.41) is 12.5. The Labute approximate surface area is 108 Å². The molecule has 1 atom stereocenters. The first kappa shape index (κ1) is 11.7. The molecule has 0 N–H and O–H groups in total. The lowest BCUT2D eigenvalue weighted by atomic mass is 9.94. The smallest absolute Gasteiger partial charge is 0.0771 e. The van der Waals surface area contributed by atoms with Crippen molar-refractivity contribution < 1.29 is 0 Å². The van der Waals surface area contributed by atoms with Gasteiger partial charge in [0.25, 0.3) is 0 Å². The summed E-state index contributed by atoms with van der Waals surface area (Å²) in [7, 11) is 0. The molecule has 84 valence electrons. The van der Waals surface area contributed by atoms with Gasteiger partial charge in [0.2, 0.25) is 0 Å². The fourth-order valence-corrected chi connectivity index (χ4v) is 2.15. The molecule has 5 heteroatoms. The number of halogens is 2. The van der Waals surface area contributed by atoms with E-state index in [1.807, 2.05) is 18.2 Å². The molecule has 0 amide bonds. The summed E-state index contributed by atoms with van der Waals surface area (Å²) < 4.78 is 0.881. The molecule has 1 aromatic carbocycles. The Morgan fingerprint density at radius 2 is 2.31 bits per heavy atom. The normalized spacial score (nSPS) is 19.7. The first-order valence-corrected chi connectivity index (χ1v) is 6.29. The minimum atomic E-state index is 0.352. The van der Waals surface area contributed by atoms with Gasteiger partial charge in [0.15, 0.2) is 0 Å². The Kier molecular flexibility index (Phi) is 3.71. The zero-order valence-electron chi connectivity index (χ0n) is 8.82. The zero-order valence-corrected chi connectivity index (χ0v) is 11.2. The van der Waals surface area contributed by atoms with Gasteiger partial charge in [-0.3, -0.25) is 0 Å². The summed E-state index contributed by atoms with van der Waals surface area (Å²) in [6.45, 7) is 2.85. The lowest BCUT2D eigenvalue weighted by molar-refractivity contribution is 0.628. The highest BCUT2D eigenvalue weighted by atomic mass is 79.9. The molecule has 0 aromatic heterocycles. The Bertz CT molecular complexity index is 457. The molecular formula is C11H11BrClN3. The predicted molar refractivity (Wildman–Crippen MR) is 69.2 cm³/mol. The summed E-state index contributed by atoms with van der Waals surface area (Å²) in [6.07, 6.45) is 1.01. The lowest BCUT2D eigenvalue weighted by Gasteiger charge is -2.17. The third-order valence-corrected chi connectivity index (χ3v) is 3.83. The van der Waals surface area contributed by atoms with Gasteiger partial charge in [-0.05, 0) is 45.3 Å². The minimum absolute atomic E-state index is 0.352. The Balaban J connectivity index is 2.38. The van der Waals surface area contributed by atoms with Crippen LogP contribution in [0.4, 0.5) is 0 Å². The second-order valence-electron chi connectivity index (χ2n) is 3.63. The molecule has 0 saturated carbocycles. The summed E-state index contributed by atoms with van der Waals surface area (Å²) in [4.78, 5) is 0. The fourth-order valence-electron chi connectivity index (χ4n) is 1.65. The van der Waals surface area contributed by atoms with Gasteiger partial charge in [-0.1, -0.05) is 24.6 Å². The van der Waals surface area contributed by atoms with E-state index in [0.29, 0.717) is 10.9 Å². The highest BCUT2D eigenvalue weighted by Crippen LogP contribution is 2.26. The molecule has 0 radical (unpaired) electrons.